The smallest absolute Gasteiger partial charge is 0.282 e. The lowest BCUT2D eigenvalue weighted by atomic mass is 10.0. The SMILES string of the molecule is CN1CCC(NC(=O)c2cc(Cl)ccc2[N+](=O)[O-])CC1. The average Bonchev–Trinajstić information content (AvgIpc) is 2.41. The van der Waals surface area contributed by atoms with E-state index in [1.165, 1.54) is 18.2 Å². The highest BCUT2D eigenvalue weighted by Gasteiger charge is 2.24. The molecule has 6 nitrogen and oxygen atoms in total. The van der Waals surface area contributed by atoms with E-state index in [4.69, 9.17) is 11.6 Å². The molecule has 7 heteroatoms. The minimum Gasteiger partial charge on any atom is -0.349 e. The second-order valence-electron chi connectivity index (χ2n) is 4.97. The number of amides is 1. The lowest BCUT2D eigenvalue weighted by Crippen LogP contribution is -2.43. The molecule has 1 N–H and O–H groups in total. The minimum atomic E-state index is -0.570. The number of halogens is 1. The number of piperidine rings is 1. The van der Waals surface area contributed by atoms with E-state index in [-0.39, 0.29) is 17.3 Å². The summed E-state index contributed by atoms with van der Waals surface area (Å²) >= 11 is 5.82. The molecule has 0 atom stereocenters. The van der Waals surface area contributed by atoms with Gasteiger partial charge in [-0.2, -0.15) is 0 Å². The topological polar surface area (TPSA) is 75.5 Å². The van der Waals surface area contributed by atoms with Gasteiger partial charge in [0.05, 0.1) is 4.92 Å². The number of likely N-dealkylation sites (tertiary alicyclic amines) is 1. The molecule has 0 unspecified atom stereocenters. The summed E-state index contributed by atoms with van der Waals surface area (Å²) in [5.41, 5.74) is -0.207. The molecular weight excluding hydrogens is 282 g/mol. The average molecular weight is 298 g/mol. The van der Waals surface area contributed by atoms with Gasteiger partial charge >= 0.3 is 0 Å². The number of carbonyl (C=O) groups excluding carboxylic acids is 1. The van der Waals surface area contributed by atoms with Gasteiger partial charge in [-0.1, -0.05) is 11.6 Å². The normalized spacial score (nSPS) is 16.9. The molecule has 0 radical (unpaired) electrons. The van der Waals surface area contributed by atoms with Gasteiger partial charge in [0.25, 0.3) is 11.6 Å². The van der Waals surface area contributed by atoms with E-state index < -0.39 is 10.8 Å². The zero-order valence-electron chi connectivity index (χ0n) is 11.1. The summed E-state index contributed by atoms with van der Waals surface area (Å²) < 4.78 is 0. The molecule has 0 aliphatic carbocycles. The first-order valence-electron chi connectivity index (χ1n) is 6.40. The van der Waals surface area contributed by atoms with Crippen molar-refractivity contribution in [3.8, 4) is 0 Å². The number of nitro groups is 1. The van der Waals surface area contributed by atoms with Crippen LogP contribution in [0.5, 0.6) is 0 Å². The molecule has 1 aromatic rings. The highest BCUT2D eigenvalue weighted by molar-refractivity contribution is 6.31. The Balaban J connectivity index is 2.12. The molecule has 0 saturated carbocycles. The van der Waals surface area contributed by atoms with Crippen molar-refractivity contribution in [3.63, 3.8) is 0 Å². The molecule has 1 heterocycles. The number of nitrogens with zero attached hydrogens (tertiary/aromatic N) is 2. The van der Waals surface area contributed by atoms with E-state index in [2.05, 4.69) is 10.2 Å². The summed E-state index contributed by atoms with van der Waals surface area (Å²) in [5.74, 6) is -0.436. The predicted molar refractivity (Wildman–Crippen MR) is 76.1 cm³/mol. The van der Waals surface area contributed by atoms with Crippen LogP contribution in [0.15, 0.2) is 18.2 Å². The molecule has 1 aromatic carbocycles. The van der Waals surface area contributed by atoms with Crippen molar-refractivity contribution < 1.29 is 9.72 Å². The third kappa shape index (κ3) is 3.46. The van der Waals surface area contributed by atoms with Crippen LogP contribution in [-0.4, -0.2) is 41.9 Å². The van der Waals surface area contributed by atoms with Crippen molar-refractivity contribution in [3.05, 3.63) is 38.9 Å². The van der Waals surface area contributed by atoms with E-state index in [0.29, 0.717) is 5.02 Å². The molecule has 2 rings (SSSR count). The van der Waals surface area contributed by atoms with Crippen molar-refractivity contribution in [2.45, 2.75) is 18.9 Å². The lowest BCUT2D eigenvalue weighted by Gasteiger charge is -2.29. The maximum atomic E-state index is 12.2. The summed E-state index contributed by atoms with van der Waals surface area (Å²) in [6.45, 7) is 1.81. The van der Waals surface area contributed by atoms with Crippen LogP contribution >= 0.6 is 11.6 Å². The third-order valence-corrected chi connectivity index (χ3v) is 3.69. The third-order valence-electron chi connectivity index (χ3n) is 3.45. The van der Waals surface area contributed by atoms with Crippen LogP contribution in [0.25, 0.3) is 0 Å². The Morgan fingerprint density at radius 2 is 2.10 bits per heavy atom. The number of carbonyl (C=O) groups is 1. The Morgan fingerprint density at radius 1 is 1.45 bits per heavy atom. The number of hydrogen-bond donors (Lipinski definition) is 1. The van der Waals surface area contributed by atoms with Crippen molar-refractivity contribution in [2.75, 3.05) is 20.1 Å². The van der Waals surface area contributed by atoms with Gasteiger partial charge in [-0.25, -0.2) is 0 Å². The van der Waals surface area contributed by atoms with E-state index >= 15 is 0 Å². The van der Waals surface area contributed by atoms with Gasteiger partial charge in [0.1, 0.15) is 5.56 Å². The van der Waals surface area contributed by atoms with Crippen molar-refractivity contribution in [1.29, 1.82) is 0 Å². The summed E-state index contributed by atoms with van der Waals surface area (Å²) in [6.07, 6.45) is 1.69. The minimum absolute atomic E-state index is 0.0152. The van der Waals surface area contributed by atoms with Crippen LogP contribution in [0, 0.1) is 10.1 Å². The predicted octanol–water partition coefficient (Wildman–Crippen LogP) is 2.07. The molecule has 1 amide bonds. The maximum absolute atomic E-state index is 12.2. The van der Waals surface area contributed by atoms with E-state index in [0.717, 1.165) is 25.9 Å². The van der Waals surface area contributed by atoms with Crippen molar-refractivity contribution >= 4 is 23.2 Å². The molecule has 0 aromatic heterocycles. The largest absolute Gasteiger partial charge is 0.349 e. The number of benzene rings is 1. The van der Waals surface area contributed by atoms with E-state index in [1.54, 1.807) is 0 Å². The monoisotopic (exact) mass is 297 g/mol. The van der Waals surface area contributed by atoms with Crippen LogP contribution in [0.1, 0.15) is 23.2 Å². The Morgan fingerprint density at radius 3 is 2.70 bits per heavy atom. The highest BCUT2D eigenvalue weighted by atomic mass is 35.5. The van der Waals surface area contributed by atoms with Crippen molar-refractivity contribution in [2.24, 2.45) is 0 Å². The number of hydrogen-bond acceptors (Lipinski definition) is 4. The maximum Gasteiger partial charge on any atom is 0.282 e. The Labute approximate surface area is 121 Å². The molecular formula is C13H16ClN3O3. The molecule has 1 fully saturated rings. The van der Waals surface area contributed by atoms with Gasteiger partial charge in [0.2, 0.25) is 0 Å². The summed E-state index contributed by atoms with van der Waals surface area (Å²) in [4.78, 5) is 24.7. The standard InChI is InChI=1S/C13H16ClN3O3/c1-16-6-4-10(5-7-16)15-13(18)11-8-9(14)2-3-12(11)17(19)20/h2-3,8,10H,4-7H2,1H3,(H,15,18). The number of nitrogens with one attached hydrogen (secondary N) is 1. The van der Waals surface area contributed by atoms with Crippen LogP contribution in [-0.2, 0) is 0 Å². The van der Waals surface area contributed by atoms with Gasteiger partial charge in [0.15, 0.2) is 0 Å². The molecule has 1 aliphatic rings. The molecule has 1 aliphatic heterocycles. The fraction of sp³-hybridized carbons (Fsp3) is 0.462. The summed E-state index contributed by atoms with van der Waals surface area (Å²) in [5, 5.41) is 14.1. The first-order chi connectivity index (χ1) is 9.47. The van der Waals surface area contributed by atoms with E-state index in [1.807, 2.05) is 7.05 Å². The van der Waals surface area contributed by atoms with Crippen LogP contribution in [0.2, 0.25) is 5.02 Å². The number of rotatable bonds is 3. The Bertz CT molecular complexity index is 528. The fourth-order valence-corrected chi connectivity index (χ4v) is 2.44. The van der Waals surface area contributed by atoms with Gasteiger partial charge in [0, 0.05) is 17.1 Å². The number of nitro benzene ring substituents is 1. The van der Waals surface area contributed by atoms with Crippen LogP contribution in [0.3, 0.4) is 0 Å². The zero-order chi connectivity index (χ0) is 14.7. The van der Waals surface area contributed by atoms with Crippen LogP contribution in [0.4, 0.5) is 5.69 Å². The van der Waals surface area contributed by atoms with Crippen LogP contribution < -0.4 is 5.32 Å². The zero-order valence-corrected chi connectivity index (χ0v) is 11.9. The second kappa shape index (κ2) is 6.19. The van der Waals surface area contributed by atoms with E-state index in [9.17, 15) is 14.9 Å². The Kier molecular flexibility index (Phi) is 4.57. The molecule has 0 bridgehead atoms. The second-order valence-corrected chi connectivity index (χ2v) is 5.41. The fourth-order valence-electron chi connectivity index (χ4n) is 2.27. The van der Waals surface area contributed by atoms with Gasteiger partial charge in [-0.05, 0) is 45.1 Å². The molecule has 108 valence electrons. The first kappa shape index (κ1) is 14.7. The van der Waals surface area contributed by atoms with Gasteiger partial charge in [-0.15, -0.1) is 0 Å². The molecule has 0 spiro atoms. The van der Waals surface area contributed by atoms with Gasteiger partial charge in [-0.3, -0.25) is 14.9 Å². The Hall–Kier alpha value is -1.66. The van der Waals surface area contributed by atoms with Crippen molar-refractivity contribution in [1.82, 2.24) is 10.2 Å². The quantitative estimate of drug-likeness (QED) is 0.684. The molecule has 1 saturated heterocycles. The summed E-state index contributed by atoms with van der Waals surface area (Å²) in [7, 11) is 2.03. The summed E-state index contributed by atoms with van der Waals surface area (Å²) in [6, 6.07) is 4.05. The molecule has 20 heavy (non-hydrogen) atoms. The van der Waals surface area contributed by atoms with Gasteiger partial charge < -0.3 is 10.2 Å². The highest BCUT2D eigenvalue weighted by Crippen LogP contribution is 2.23. The first-order valence-corrected chi connectivity index (χ1v) is 6.78. The lowest BCUT2D eigenvalue weighted by molar-refractivity contribution is -0.385.